The van der Waals surface area contributed by atoms with Crippen molar-refractivity contribution in [2.75, 3.05) is 52.9 Å². The Morgan fingerprint density at radius 1 is 0.913 bits per heavy atom. The molecule has 0 bridgehead atoms. The predicted molar refractivity (Wildman–Crippen MR) is 176 cm³/mol. The standard InChI is InChI=1S/C35H50ClF2N5O3/c1-23(2)41-21-28(24-7-9-25(36)10-8-24)29(22-41)31(44)42-20-27(19-30(42)32(45)40-17-15-39(6)16-18-40)43(33(46)34(3,4)5)26-11-13-35(37,38)14-12-26/h7-10,26-30H,1,11-22H2,2-6H3/t27-,28-,29+,30-/m0/s1. The van der Waals surface area contributed by atoms with Crippen LogP contribution >= 0.6 is 11.6 Å². The molecule has 1 aromatic carbocycles. The van der Waals surface area contributed by atoms with Crippen LogP contribution in [0.1, 0.15) is 71.3 Å². The third-order valence-corrected chi connectivity index (χ3v) is 10.7. The van der Waals surface area contributed by atoms with Crippen molar-refractivity contribution in [3.63, 3.8) is 0 Å². The third-order valence-electron chi connectivity index (χ3n) is 10.5. The Bertz CT molecular complexity index is 1300. The highest BCUT2D eigenvalue weighted by atomic mass is 35.5. The van der Waals surface area contributed by atoms with Crippen LogP contribution in [0.15, 0.2) is 36.5 Å². The van der Waals surface area contributed by atoms with Gasteiger partial charge in [-0.1, -0.05) is 51.1 Å². The molecule has 0 N–H and O–H groups in total. The van der Waals surface area contributed by atoms with Crippen molar-refractivity contribution in [3.8, 4) is 0 Å². The molecule has 1 saturated carbocycles. The Morgan fingerprint density at radius 3 is 2.09 bits per heavy atom. The van der Waals surface area contributed by atoms with Gasteiger partial charge in [-0.05, 0) is 50.9 Å². The second-order valence-corrected chi connectivity index (χ2v) is 15.4. The summed E-state index contributed by atoms with van der Waals surface area (Å²) < 4.78 is 28.5. The number of likely N-dealkylation sites (tertiary alicyclic amines) is 2. The van der Waals surface area contributed by atoms with E-state index in [1.165, 1.54) is 0 Å². The molecule has 4 fully saturated rings. The number of hydrogen-bond donors (Lipinski definition) is 0. The number of halogens is 3. The summed E-state index contributed by atoms with van der Waals surface area (Å²) in [6.45, 7) is 15.5. The van der Waals surface area contributed by atoms with Crippen molar-refractivity contribution < 1.29 is 23.2 Å². The maximum absolute atomic E-state index is 14.8. The monoisotopic (exact) mass is 661 g/mol. The van der Waals surface area contributed by atoms with E-state index in [-0.39, 0.29) is 61.9 Å². The predicted octanol–water partition coefficient (Wildman–Crippen LogP) is 5.09. The minimum atomic E-state index is -2.74. The third kappa shape index (κ3) is 7.38. The highest BCUT2D eigenvalue weighted by Gasteiger charge is 2.51. The molecule has 11 heteroatoms. The number of piperazine rings is 1. The number of allylic oxidation sites excluding steroid dienone is 1. The average Bonchev–Trinajstić information content (AvgIpc) is 3.64. The summed E-state index contributed by atoms with van der Waals surface area (Å²) in [5, 5.41) is 0.616. The maximum Gasteiger partial charge on any atom is 0.248 e. The van der Waals surface area contributed by atoms with Gasteiger partial charge < -0.3 is 24.5 Å². The molecular weight excluding hydrogens is 612 g/mol. The zero-order valence-corrected chi connectivity index (χ0v) is 28.7. The summed E-state index contributed by atoms with van der Waals surface area (Å²) in [5.41, 5.74) is 1.12. The molecular formula is C35H50ClF2N5O3. The summed E-state index contributed by atoms with van der Waals surface area (Å²) >= 11 is 6.20. The lowest BCUT2D eigenvalue weighted by Gasteiger charge is -2.43. The van der Waals surface area contributed by atoms with Crippen LogP contribution in [0.3, 0.4) is 0 Å². The molecule has 1 aromatic rings. The molecule has 1 aliphatic carbocycles. The lowest BCUT2D eigenvalue weighted by atomic mass is 9.86. The topological polar surface area (TPSA) is 67.4 Å². The van der Waals surface area contributed by atoms with Gasteiger partial charge in [0.1, 0.15) is 6.04 Å². The van der Waals surface area contributed by atoms with E-state index in [9.17, 15) is 23.2 Å². The van der Waals surface area contributed by atoms with Crippen LogP contribution in [0.25, 0.3) is 0 Å². The number of carbonyl (C=O) groups is 3. The molecule has 3 aliphatic heterocycles. The molecule has 46 heavy (non-hydrogen) atoms. The number of rotatable bonds is 6. The van der Waals surface area contributed by atoms with Gasteiger partial charge in [0.05, 0.1) is 12.0 Å². The first-order valence-electron chi connectivity index (χ1n) is 16.7. The van der Waals surface area contributed by atoms with Gasteiger partial charge in [0, 0.05) is 86.7 Å². The van der Waals surface area contributed by atoms with Gasteiger partial charge in [-0.25, -0.2) is 8.78 Å². The summed E-state index contributed by atoms with van der Waals surface area (Å²) in [5.74, 6) is -3.63. The van der Waals surface area contributed by atoms with Gasteiger partial charge >= 0.3 is 0 Å². The Hall–Kier alpha value is -2.72. The lowest BCUT2D eigenvalue weighted by Crippen LogP contribution is -2.54. The molecule has 3 saturated heterocycles. The molecule has 4 aliphatic rings. The number of likely N-dealkylation sites (N-methyl/N-ethyl adjacent to an activating group) is 1. The van der Waals surface area contributed by atoms with Crippen molar-refractivity contribution in [1.29, 1.82) is 0 Å². The van der Waals surface area contributed by atoms with Crippen molar-refractivity contribution in [2.24, 2.45) is 11.3 Å². The van der Waals surface area contributed by atoms with E-state index in [0.717, 1.165) is 24.4 Å². The Kier molecular flexibility index (Phi) is 10.1. The zero-order valence-electron chi connectivity index (χ0n) is 28.0. The second kappa shape index (κ2) is 13.4. The van der Waals surface area contributed by atoms with Crippen LogP contribution in [0.4, 0.5) is 8.78 Å². The molecule has 4 atom stereocenters. The molecule has 0 radical (unpaired) electrons. The summed E-state index contributed by atoms with van der Waals surface area (Å²) in [6, 6.07) is 6.04. The van der Waals surface area contributed by atoms with E-state index in [1.54, 1.807) is 9.80 Å². The fourth-order valence-corrected chi connectivity index (χ4v) is 7.80. The van der Waals surface area contributed by atoms with Crippen molar-refractivity contribution in [1.82, 2.24) is 24.5 Å². The first kappa shape index (κ1) is 34.6. The number of amides is 3. The number of hydrogen-bond acceptors (Lipinski definition) is 5. The minimum Gasteiger partial charge on any atom is -0.374 e. The lowest BCUT2D eigenvalue weighted by molar-refractivity contribution is -0.149. The molecule has 0 aromatic heterocycles. The van der Waals surface area contributed by atoms with Crippen LogP contribution < -0.4 is 0 Å². The van der Waals surface area contributed by atoms with Gasteiger partial charge in [0.2, 0.25) is 23.6 Å². The van der Waals surface area contributed by atoms with Crippen LogP contribution in [-0.2, 0) is 14.4 Å². The Labute approximate surface area is 277 Å². The van der Waals surface area contributed by atoms with Crippen LogP contribution in [0, 0.1) is 11.3 Å². The highest BCUT2D eigenvalue weighted by Crippen LogP contribution is 2.41. The van der Waals surface area contributed by atoms with E-state index >= 15 is 0 Å². The Morgan fingerprint density at radius 2 is 1.52 bits per heavy atom. The largest absolute Gasteiger partial charge is 0.374 e. The van der Waals surface area contributed by atoms with E-state index in [1.807, 2.05) is 63.9 Å². The number of benzene rings is 1. The average molecular weight is 662 g/mol. The fraction of sp³-hybridized carbons (Fsp3) is 0.686. The summed E-state index contributed by atoms with van der Waals surface area (Å²) in [6.07, 6.45) is 0.156. The van der Waals surface area contributed by atoms with Gasteiger partial charge in [0.25, 0.3) is 0 Å². The summed E-state index contributed by atoms with van der Waals surface area (Å²) in [7, 11) is 2.03. The number of nitrogens with zero attached hydrogens (tertiary/aromatic N) is 5. The number of alkyl halides is 2. The molecule has 254 valence electrons. The SMILES string of the molecule is C=C(C)N1C[C@@H](C(=O)N2C[C@@H](N(C(=O)C(C)(C)C)C3CCC(F)(F)CC3)C[C@H]2C(=O)N2CCN(C)CC2)[C@H](c2ccc(Cl)cc2)C1. The van der Waals surface area contributed by atoms with Crippen LogP contribution in [0.5, 0.6) is 0 Å². The van der Waals surface area contributed by atoms with Crippen molar-refractivity contribution in [2.45, 2.75) is 89.8 Å². The smallest absolute Gasteiger partial charge is 0.248 e. The summed E-state index contributed by atoms with van der Waals surface area (Å²) in [4.78, 5) is 52.7. The van der Waals surface area contributed by atoms with Crippen molar-refractivity contribution >= 4 is 29.3 Å². The normalized spacial score (nSPS) is 27.6. The van der Waals surface area contributed by atoms with E-state index in [2.05, 4.69) is 16.4 Å². The zero-order chi connectivity index (χ0) is 33.6. The van der Waals surface area contributed by atoms with Gasteiger partial charge in [0.15, 0.2) is 0 Å². The van der Waals surface area contributed by atoms with Crippen LogP contribution in [0.2, 0.25) is 5.02 Å². The first-order chi connectivity index (χ1) is 21.6. The molecule has 0 spiro atoms. The van der Waals surface area contributed by atoms with Gasteiger partial charge in [-0.2, -0.15) is 0 Å². The van der Waals surface area contributed by atoms with Gasteiger partial charge in [-0.3, -0.25) is 14.4 Å². The molecule has 3 heterocycles. The maximum atomic E-state index is 14.8. The first-order valence-corrected chi connectivity index (χ1v) is 17.1. The highest BCUT2D eigenvalue weighted by molar-refractivity contribution is 6.30. The molecule has 0 unspecified atom stereocenters. The molecule has 5 rings (SSSR count). The van der Waals surface area contributed by atoms with Crippen LogP contribution in [-0.4, -0.2) is 119 Å². The minimum absolute atomic E-state index is 0.0971. The Balaban J connectivity index is 1.49. The van der Waals surface area contributed by atoms with E-state index in [0.29, 0.717) is 37.6 Å². The van der Waals surface area contributed by atoms with E-state index in [4.69, 9.17) is 11.6 Å². The second-order valence-electron chi connectivity index (χ2n) is 15.0. The molecule has 8 nitrogen and oxygen atoms in total. The fourth-order valence-electron chi connectivity index (χ4n) is 7.68. The number of carbonyl (C=O) groups excluding carboxylic acids is 3. The quantitative estimate of drug-likeness (QED) is 0.425. The van der Waals surface area contributed by atoms with Crippen molar-refractivity contribution in [3.05, 3.63) is 47.1 Å². The van der Waals surface area contributed by atoms with E-state index < -0.39 is 29.3 Å². The molecule has 3 amide bonds. The van der Waals surface area contributed by atoms with Gasteiger partial charge in [-0.15, -0.1) is 0 Å².